The third-order valence-corrected chi connectivity index (χ3v) is 3.08. The van der Waals surface area contributed by atoms with E-state index in [1.54, 1.807) is 31.2 Å². The fourth-order valence-corrected chi connectivity index (χ4v) is 1.72. The van der Waals surface area contributed by atoms with E-state index < -0.39 is 6.10 Å². The molecule has 0 aliphatic heterocycles. The molecule has 0 fully saturated rings. The van der Waals surface area contributed by atoms with Crippen LogP contribution >= 0.6 is 12.2 Å². The smallest absolute Gasteiger partial charge is 0.260 e. The van der Waals surface area contributed by atoms with Gasteiger partial charge in [-0.1, -0.05) is 26.1 Å². The summed E-state index contributed by atoms with van der Waals surface area (Å²) in [6, 6.07) is 7.07. The number of ether oxygens (including phenoxy) is 1. The van der Waals surface area contributed by atoms with Crippen LogP contribution in [0.5, 0.6) is 5.75 Å². The Labute approximate surface area is 125 Å². The molecule has 1 unspecified atom stereocenters. The zero-order valence-corrected chi connectivity index (χ0v) is 13.0. The summed E-state index contributed by atoms with van der Waals surface area (Å²) < 4.78 is 5.57. The molecule has 0 saturated carbocycles. The highest BCUT2D eigenvalue weighted by Gasteiger charge is 2.14. The topological polar surface area (TPSA) is 64.3 Å². The van der Waals surface area contributed by atoms with Crippen molar-refractivity contribution < 1.29 is 9.53 Å². The standard InChI is InChI=1S/C15H22N2O2S/c1-10(2)8-9-17-15(18)11(3)19-13-6-4-12(5-7-13)14(16)20/h4-7,10-11H,8-9H2,1-3H3,(H2,16,20)(H,17,18). The van der Waals surface area contributed by atoms with E-state index in [2.05, 4.69) is 19.2 Å². The van der Waals surface area contributed by atoms with Gasteiger partial charge in [-0.05, 0) is 43.5 Å². The fraction of sp³-hybridized carbons (Fsp3) is 0.467. The van der Waals surface area contributed by atoms with Gasteiger partial charge in [0.1, 0.15) is 10.7 Å². The lowest BCUT2D eigenvalue weighted by atomic mass is 10.1. The van der Waals surface area contributed by atoms with E-state index >= 15 is 0 Å². The minimum absolute atomic E-state index is 0.107. The van der Waals surface area contributed by atoms with Gasteiger partial charge >= 0.3 is 0 Å². The lowest BCUT2D eigenvalue weighted by Gasteiger charge is -2.15. The van der Waals surface area contributed by atoms with Crippen molar-refractivity contribution in [2.24, 2.45) is 11.7 Å². The molecule has 1 rings (SSSR count). The van der Waals surface area contributed by atoms with Crippen molar-refractivity contribution in [3.05, 3.63) is 29.8 Å². The Morgan fingerprint density at radius 1 is 1.30 bits per heavy atom. The monoisotopic (exact) mass is 294 g/mol. The Kier molecular flexibility index (Phi) is 6.45. The first-order valence-electron chi connectivity index (χ1n) is 6.74. The number of carbonyl (C=O) groups is 1. The van der Waals surface area contributed by atoms with Crippen molar-refractivity contribution in [3.63, 3.8) is 0 Å². The quantitative estimate of drug-likeness (QED) is 0.757. The number of hydrogen-bond acceptors (Lipinski definition) is 3. The second-order valence-corrected chi connectivity index (χ2v) is 5.56. The molecule has 1 amide bonds. The lowest BCUT2D eigenvalue weighted by molar-refractivity contribution is -0.127. The molecule has 0 aliphatic carbocycles. The second-order valence-electron chi connectivity index (χ2n) is 5.12. The third kappa shape index (κ3) is 5.57. The molecule has 0 radical (unpaired) electrons. The van der Waals surface area contributed by atoms with E-state index in [0.29, 0.717) is 23.2 Å². The number of nitrogens with two attached hydrogens (primary N) is 1. The number of nitrogens with one attached hydrogen (secondary N) is 1. The molecule has 0 spiro atoms. The van der Waals surface area contributed by atoms with Gasteiger partial charge in [0.05, 0.1) is 0 Å². The van der Waals surface area contributed by atoms with E-state index in [1.165, 1.54) is 0 Å². The predicted molar refractivity (Wildman–Crippen MR) is 84.9 cm³/mol. The van der Waals surface area contributed by atoms with Gasteiger partial charge in [0.15, 0.2) is 6.10 Å². The molecule has 0 aliphatic rings. The number of carbonyl (C=O) groups excluding carboxylic acids is 1. The van der Waals surface area contributed by atoms with E-state index in [-0.39, 0.29) is 5.91 Å². The largest absolute Gasteiger partial charge is 0.481 e. The molecule has 1 aromatic rings. The van der Waals surface area contributed by atoms with Crippen molar-refractivity contribution in [3.8, 4) is 5.75 Å². The summed E-state index contributed by atoms with van der Waals surface area (Å²) in [5, 5.41) is 2.86. The van der Waals surface area contributed by atoms with E-state index in [1.807, 2.05) is 0 Å². The Balaban J connectivity index is 2.46. The van der Waals surface area contributed by atoms with Crippen molar-refractivity contribution in [1.82, 2.24) is 5.32 Å². The molecule has 0 saturated heterocycles. The Morgan fingerprint density at radius 2 is 1.90 bits per heavy atom. The predicted octanol–water partition coefficient (Wildman–Crippen LogP) is 2.25. The zero-order chi connectivity index (χ0) is 15.1. The van der Waals surface area contributed by atoms with Crippen LogP contribution in [0, 0.1) is 5.92 Å². The van der Waals surface area contributed by atoms with Crippen LogP contribution in [0.4, 0.5) is 0 Å². The number of amides is 1. The summed E-state index contributed by atoms with van der Waals surface area (Å²) >= 11 is 4.88. The van der Waals surface area contributed by atoms with Crippen molar-refractivity contribution >= 4 is 23.1 Å². The summed E-state index contributed by atoms with van der Waals surface area (Å²) in [5.74, 6) is 1.08. The van der Waals surface area contributed by atoms with E-state index in [9.17, 15) is 4.79 Å². The minimum atomic E-state index is -0.530. The van der Waals surface area contributed by atoms with Gasteiger partial charge in [0.2, 0.25) is 0 Å². The Morgan fingerprint density at radius 3 is 2.40 bits per heavy atom. The molecular formula is C15H22N2O2S. The molecule has 20 heavy (non-hydrogen) atoms. The average molecular weight is 294 g/mol. The summed E-state index contributed by atoms with van der Waals surface area (Å²) in [6.07, 6.45) is 0.430. The first-order valence-corrected chi connectivity index (χ1v) is 7.15. The number of benzene rings is 1. The zero-order valence-electron chi connectivity index (χ0n) is 12.2. The third-order valence-electron chi connectivity index (χ3n) is 2.84. The van der Waals surface area contributed by atoms with E-state index in [0.717, 1.165) is 12.0 Å². The Hall–Kier alpha value is -1.62. The molecule has 110 valence electrons. The van der Waals surface area contributed by atoms with Crippen LogP contribution in [-0.2, 0) is 4.79 Å². The van der Waals surface area contributed by atoms with E-state index in [4.69, 9.17) is 22.7 Å². The van der Waals surface area contributed by atoms with Gasteiger partial charge in [-0.25, -0.2) is 0 Å². The van der Waals surface area contributed by atoms with Gasteiger partial charge < -0.3 is 15.8 Å². The van der Waals surface area contributed by atoms with Crippen LogP contribution in [0.15, 0.2) is 24.3 Å². The molecule has 1 aromatic carbocycles. The summed E-state index contributed by atoms with van der Waals surface area (Å²) in [7, 11) is 0. The average Bonchev–Trinajstić information content (AvgIpc) is 2.38. The normalized spacial score (nSPS) is 12.0. The SMILES string of the molecule is CC(C)CCNC(=O)C(C)Oc1ccc(C(N)=S)cc1. The van der Waals surface area contributed by atoms with Crippen LogP contribution in [0.2, 0.25) is 0 Å². The second kappa shape index (κ2) is 7.85. The highest BCUT2D eigenvalue weighted by atomic mass is 32.1. The summed E-state index contributed by atoms with van der Waals surface area (Å²) in [6.45, 7) is 6.64. The molecule has 0 heterocycles. The first kappa shape index (κ1) is 16.4. The molecule has 4 nitrogen and oxygen atoms in total. The van der Waals surface area contributed by atoms with Gasteiger partial charge in [-0.2, -0.15) is 0 Å². The molecule has 0 bridgehead atoms. The van der Waals surface area contributed by atoms with Gasteiger partial charge in [0.25, 0.3) is 5.91 Å². The fourth-order valence-electron chi connectivity index (χ4n) is 1.58. The maximum atomic E-state index is 11.8. The van der Waals surface area contributed by atoms with Gasteiger partial charge in [0, 0.05) is 12.1 Å². The van der Waals surface area contributed by atoms with Gasteiger partial charge in [-0.3, -0.25) is 4.79 Å². The molecule has 3 N–H and O–H groups in total. The summed E-state index contributed by atoms with van der Waals surface area (Å²) in [5.41, 5.74) is 6.30. The van der Waals surface area contributed by atoms with Crippen molar-refractivity contribution in [1.29, 1.82) is 0 Å². The molecule has 5 heteroatoms. The van der Waals surface area contributed by atoms with Crippen LogP contribution < -0.4 is 15.8 Å². The maximum absolute atomic E-state index is 11.8. The molecule has 1 atom stereocenters. The first-order chi connectivity index (χ1) is 9.40. The lowest BCUT2D eigenvalue weighted by Crippen LogP contribution is -2.37. The van der Waals surface area contributed by atoms with Gasteiger partial charge in [-0.15, -0.1) is 0 Å². The maximum Gasteiger partial charge on any atom is 0.260 e. The number of rotatable bonds is 7. The van der Waals surface area contributed by atoms with Crippen LogP contribution in [0.3, 0.4) is 0 Å². The van der Waals surface area contributed by atoms with Crippen LogP contribution in [0.1, 0.15) is 32.8 Å². The van der Waals surface area contributed by atoms with Crippen molar-refractivity contribution in [2.45, 2.75) is 33.3 Å². The van der Waals surface area contributed by atoms with Crippen LogP contribution in [-0.4, -0.2) is 23.5 Å². The van der Waals surface area contributed by atoms with Crippen molar-refractivity contribution in [2.75, 3.05) is 6.54 Å². The highest BCUT2D eigenvalue weighted by molar-refractivity contribution is 7.80. The van der Waals surface area contributed by atoms with Crippen LogP contribution in [0.25, 0.3) is 0 Å². The summed E-state index contributed by atoms with van der Waals surface area (Å²) in [4.78, 5) is 12.2. The number of hydrogen-bond donors (Lipinski definition) is 2. The molecule has 0 aromatic heterocycles. The highest BCUT2D eigenvalue weighted by Crippen LogP contribution is 2.14. The Bertz CT molecular complexity index is 457. The number of thiocarbonyl (C=S) groups is 1. The minimum Gasteiger partial charge on any atom is -0.481 e. The molecular weight excluding hydrogens is 272 g/mol.